The summed E-state index contributed by atoms with van der Waals surface area (Å²) in [7, 11) is 0. The Balaban J connectivity index is 1.78. The van der Waals surface area contributed by atoms with E-state index in [0.717, 1.165) is 5.01 Å². The van der Waals surface area contributed by atoms with Crippen molar-refractivity contribution < 1.29 is 4.79 Å². The number of hydrogen-bond donors (Lipinski definition) is 1. The quantitative estimate of drug-likeness (QED) is 0.832. The Morgan fingerprint density at radius 3 is 2.95 bits per heavy atom. The van der Waals surface area contributed by atoms with E-state index in [4.69, 9.17) is 0 Å². The monoisotopic (exact) mass is 323 g/mol. The van der Waals surface area contributed by atoms with Crippen LogP contribution in [0.2, 0.25) is 0 Å². The van der Waals surface area contributed by atoms with Crippen LogP contribution in [0, 0.1) is 19.8 Å². The van der Waals surface area contributed by atoms with Gasteiger partial charge >= 0.3 is 0 Å². The van der Waals surface area contributed by atoms with Gasteiger partial charge in [-0.15, -0.1) is 10.2 Å². The van der Waals surface area contributed by atoms with Gasteiger partial charge in [0, 0.05) is 24.1 Å². The van der Waals surface area contributed by atoms with Gasteiger partial charge in [-0.05, 0) is 13.8 Å². The maximum absolute atomic E-state index is 12.3. The molecule has 0 spiro atoms. The third-order valence-electron chi connectivity index (χ3n) is 3.13. The Labute approximate surface area is 128 Å². The Kier molecular flexibility index (Phi) is 3.77. The highest BCUT2D eigenvalue weighted by molar-refractivity contribution is 7.99. The van der Waals surface area contributed by atoms with Crippen molar-refractivity contribution in [2.75, 3.05) is 11.1 Å². The van der Waals surface area contributed by atoms with Gasteiger partial charge in [0.1, 0.15) is 5.01 Å². The first-order valence-electron chi connectivity index (χ1n) is 6.35. The minimum atomic E-state index is -0.284. The molecule has 7 nitrogen and oxygen atoms in total. The predicted molar refractivity (Wildman–Crippen MR) is 80.7 cm³/mol. The van der Waals surface area contributed by atoms with Crippen LogP contribution in [-0.4, -0.2) is 31.4 Å². The first kappa shape index (κ1) is 14.2. The lowest BCUT2D eigenvalue weighted by Crippen LogP contribution is -2.37. The number of amides is 1. The number of nitrogens with zero attached hydrogens (tertiary/aromatic N) is 4. The van der Waals surface area contributed by atoms with Crippen LogP contribution in [0.15, 0.2) is 16.1 Å². The summed E-state index contributed by atoms with van der Waals surface area (Å²) in [6.45, 7) is 3.90. The van der Waals surface area contributed by atoms with E-state index in [1.54, 1.807) is 17.7 Å². The van der Waals surface area contributed by atoms with Gasteiger partial charge in [0.05, 0.1) is 5.92 Å². The Morgan fingerprint density at radius 1 is 1.43 bits per heavy atom. The molecule has 110 valence electrons. The molecule has 1 aliphatic heterocycles. The molecule has 1 N–H and O–H groups in total. The van der Waals surface area contributed by atoms with E-state index in [9.17, 15) is 9.59 Å². The summed E-state index contributed by atoms with van der Waals surface area (Å²) < 4.78 is 1.57. The van der Waals surface area contributed by atoms with Gasteiger partial charge in [-0.2, -0.15) is 0 Å². The Morgan fingerprint density at radius 2 is 2.24 bits per heavy atom. The zero-order chi connectivity index (χ0) is 15.0. The van der Waals surface area contributed by atoms with Crippen molar-refractivity contribution in [1.29, 1.82) is 0 Å². The lowest BCUT2D eigenvalue weighted by atomic mass is 10.1. The number of aryl methyl sites for hydroxylation is 2. The van der Waals surface area contributed by atoms with E-state index >= 15 is 0 Å². The molecule has 0 saturated carbocycles. The molecule has 1 amide bonds. The molecule has 0 aliphatic carbocycles. The molecule has 9 heteroatoms. The molecule has 0 aromatic carbocycles. The van der Waals surface area contributed by atoms with E-state index in [0.29, 0.717) is 28.1 Å². The number of anilines is 1. The second kappa shape index (κ2) is 5.57. The van der Waals surface area contributed by atoms with Crippen molar-refractivity contribution in [3.8, 4) is 0 Å². The highest BCUT2D eigenvalue weighted by atomic mass is 32.2. The number of aromatic nitrogens is 4. The number of fused-ring (bicyclic) bond motifs is 1. The van der Waals surface area contributed by atoms with Crippen LogP contribution < -0.4 is 10.9 Å². The average molecular weight is 323 g/mol. The van der Waals surface area contributed by atoms with Crippen LogP contribution in [-0.2, 0) is 11.3 Å². The third kappa shape index (κ3) is 2.84. The zero-order valence-corrected chi connectivity index (χ0v) is 13.1. The molecule has 1 aliphatic rings. The van der Waals surface area contributed by atoms with Crippen LogP contribution in [0.4, 0.5) is 5.13 Å². The van der Waals surface area contributed by atoms with E-state index < -0.39 is 0 Å². The minimum Gasteiger partial charge on any atom is -0.300 e. The number of nitrogens with one attached hydrogen (secondary N) is 1. The van der Waals surface area contributed by atoms with Gasteiger partial charge in [0.25, 0.3) is 5.56 Å². The third-order valence-corrected chi connectivity index (χ3v) is 5.03. The molecule has 0 saturated heterocycles. The normalized spacial score (nSPS) is 17.3. The van der Waals surface area contributed by atoms with Crippen molar-refractivity contribution in [3.63, 3.8) is 0 Å². The fraction of sp³-hybridized carbons (Fsp3) is 0.417. The molecule has 0 fully saturated rings. The van der Waals surface area contributed by atoms with Gasteiger partial charge in [-0.25, -0.2) is 4.98 Å². The predicted octanol–water partition coefficient (Wildman–Crippen LogP) is 1.07. The lowest BCUT2D eigenvalue weighted by Gasteiger charge is -2.23. The maximum Gasteiger partial charge on any atom is 0.257 e. The number of carbonyl (C=O) groups is 1. The Hall–Kier alpha value is -1.74. The van der Waals surface area contributed by atoms with Gasteiger partial charge < -0.3 is 5.32 Å². The summed E-state index contributed by atoms with van der Waals surface area (Å²) in [5.74, 6) is 0.171. The molecular weight excluding hydrogens is 310 g/mol. The molecule has 0 bridgehead atoms. The summed E-state index contributed by atoms with van der Waals surface area (Å²) >= 11 is 2.75. The molecule has 3 heterocycles. The van der Waals surface area contributed by atoms with Crippen molar-refractivity contribution in [2.45, 2.75) is 25.5 Å². The summed E-state index contributed by atoms with van der Waals surface area (Å²) in [4.78, 5) is 28.6. The molecule has 1 unspecified atom stereocenters. The average Bonchev–Trinajstić information content (AvgIpc) is 2.88. The van der Waals surface area contributed by atoms with Crippen LogP contribution in [0.5, 0.6) is 0 Å². The largest absolute Gasteiger partial charge is 0.300 e. The van der Waals surface area contributed by atoms with E-state index in [-0.39, 0.29) is 17.4 Å². The van der Waals surface area contributed by atoms with Gasteiger partial charge in [-0.1, -0.05) is 23.1 Å². The number of rotatable bonds is 2. The minimum absolute atomic E-state index is 0.0863. The van der Waals surface area contributed by atoms with Gasteiger partial charge in [0.2, 0.25) is 11.0 Å². The van der Waals surface area contributed by atoms with Crippen LogP contribution in [0.3, 0.4) is 0 Å². The van der Waals surface area contributed by atoms with Crippen molar-refractivity contribution in [3.05, 3.63) is 27.1 Å². The van der Waals surface area contributed by atoms with Gasteiger partial charge in [-0.3, -0.25) is 14.2 Å². The fourth-order valence-electron chi connectivity index (χ4n) is 2.01. The highest BCUT2D eigenvalue weighted by Gasteiger charge is 2.27. The van der Waals surface area contributed by atoms with E-state index in [2.05, 4.69) is 20.5 Å². The van der Waals surface area contributed by atoms with E-state index in [1.807, 2.05) is 6.92 Å². The van der Waals surface area contributed by atoms with Crippen LogP contribution in [0.25, 0.3) is 0 Å². The molecule has 2 aromatic rings. The number of thioether (sulfide) groups is 1. The van der Waals surface area contributed by atoms with Crippen LogP contribution in [0.1, 0.15) is 10.6 Å². The molecule has 2 aromatic heterocycles. The summed E-state index contributed by atoms with van der Waals surface area (Å²) in [5.41, 5.74) is 0.497. The zero-order valence-electron chi connectivity index (χ0n) is 11.5. The number of hydrogen-bond acceptors (Lipinski definition) is 7. The topological polar surface area (TPSA) is 89.8 Å². The lowest BCUT2D eigenvalue weighted by molar-refractivity contribution is -0.119. The standard InChI is InChI=1S/C12H13N5O2S2/c1-6-3-13-12-17(10(6)19)4-8(5-20-12)9(18)14-11-16-15-7(2)21-11/h3,8H,4-5H2,1-2H3,(H,14,16,18). The fourth-order valence-corrected chi connectivity index (χ4v) is 3.66. The summed E-state index contributed by atoms with van der Waals surface area (Å²) in [6, 6.07) is 0. The molecule has 21 heavy (non-hydrogen) atoms. The maximum atomic E-state index is 12.3. The van der Waals surface area contributed by atoms with E-state index in [1.165, 1.54) is 23.1 Å². The first-order chi connectivity index (χ1) is 10.0. The highest BCUT2D eigenvalue weighted by Crippen LogP contribution is 2.26. The second-order valence-electron chi connectivity index (χ2n) is 4.76. The molecular formula is C12H13N5O2S2. The second-order valence-corrected chi connectivity index (χ2v) is 6.93. The smallest absolute Gasteiger partial charge is 0.257 e. The Bertz CT molecular complexity index is 754. The summed E-state index contributed by atoms with van der Waals surface area (Å²) in [6.07, 6.45) is 1.57. The van der Waals surface area contributed by atoms with Crippen LogP contribution >= 0.6 is 23.1 Å². The SMILES string of the molecule is Cc1nnc(NC(=O)C2CSc3ncc(C)c(=O)n3C2)s1. The van der Waals surface area contributed by atoms with Crippen molar-refractivity contribution in [2.24, 2.45) is 5.92 Å². The van der Waals surface area contributed by atoms with Crippen molar-refractivity contribution >= 4 is 34.1 Å². The first-order valence-corrected chi connectivity index (χ1v) is 8.15. The van der Waals surface area contributed by atoms with Gasteiger partial charge in [0.15, 0.2) is 5.16 Å². The van der Waals surface area contributed by atoms with Crippen molar-refractivity contribution in [1.82, 2.24) is 19.7 Å². The molecule has 3 rings (SSSR count). The summed E-state index contributed by atoms with van der Waals surface area (Å²) in [5, 5.41) is 12.4. The molecule has 0 radical (unpaired) electrons. The number of carbonyl (C=O) groups excluding carboxylic acids is 1. The molecule has 1 atom stereocenters.